The molecule has 0 aromatic heterocycles. The molecular weight excluding hydrogens is 327 g/mol. The van der Waals surface area contributed by atoms with Crippen molar-refractivity contribution in [3.63, 3.8) is 0 Å². The zero-order chi connectivity index (χ0) is 12.3. The van der Waals surface area contributed by atoms with Gasteiger partial charge in [-0.3, -0.25) is 0 Å². The van der Waals surface area contributed by atoms with Crippen LogP contribution in [0.15, 0.2) is 6.07 Å². The van der Waals surface area contributed by atoms with Crippen LogP contribution in [-0.4, -0.2) is 32.4 Å². The van der Waals surface area contributed by atoms with E-state index in [9.17, 15) is 4.79 Å². The maximum absolute atomic E-state index is 11.0. The Bertz CT molecular complexity index is 416. The van der Waals surface area contributed by atoms with E-state index >= 15 is 0 Å². The highest BCUT2D eigenvalue weighted by Gasteiger charge is 2.22. The van der Waals surface area contributed by atoms with Crippen molar-refractivity contribution < 1.29 is 24.1 Å². The molecule has 0 fully saturated rings. The van der Waals surface area contributed by atoms with Gasteiger partial charge < -0.3 is 19.3 Å². The lowest BCUT2D eigenvalue weighted by Gasteiger charge is -2.14. The Balaban J connectivity index is 3.54. The number of ether oxygens (including phenoxy) is 3. The third-order valence-electron chi connectivity index (χ3n) is 2.00. The number of methoxy groups -OCH3 is 3. The Morgan fingerprint density at radius 3 is 2.12 bits per heavy atom. The highest BCUT2D eigenvalue weighted by Crippen LogP contribution is 2.40. The number of benzene rings is 1. The van der Waals surface area contributed by atoms with E-state index in [1.54, 1.807) is 0 Å². The predicted octanol–water partition coefficient (Wildman–Crippen LogP) is 2.02. The smallest absolute Gasteiger partial charge is 0.339 e. The molecule has 0 unspecified atom stereocenters. The van der Waals surface area contributed by atoms with Gasteiger partial charge in [-0.1, -0.05) is 0 Å². The first-order valence-corrected chi connectivity index (χ1v) is 5.36. The molecule has 0 aliphatic rings. The number of hydrogen-bond donors (Lipinski definition) is 1. The predicted molar refractivity (Wildman–Crippen MR) is 65.8 cm³/mol. The molecule has 1 rings (SSSR count). The minimum Gasteiger partial charge on any atom is -0.495 e. The maximum atomic E-state index is 11.0. The van der Waals surface area contributed by atoms with E-state index < -0.39 is 5.97 Å². The SMILES string of the molecule is COc1cc(C(=O)O)c(OC)c(I)c1OC. The molecule has 0 atom stereocenters. The third-order valence-corrected chi connectivity index (χ3v) is 2.98. The number of carboxylic acids is 1. The van der Waals surface area contributed by atoms with Gasteiger partial charge in [-0.25, -0.2) is 4.79 Å². The lowest BCUT2D eigenvalue weighted by molar-refractivity contribution is 0.0692. The number of carbonyl (C=O) groups is 1. The zero-order valence-corrected chi connectivity index (χ0v) is 11.2. The monoisotopic (exact) mass is 338 g/mol. The van der Waals surface area contributed by atoms with Gasteiger partial charge in [0.1, 0.15) is 9.13 Å². The van der Waals surface area contributed by atoms with Gasteiger partial charge in [-0.15, -0.1) is 0 Å². The molecule has 88 valence electrons. The average molecular weight is 338 g/mol. The lowest BCUT2D eigenvalue weighted by atomic mass is 10.1. The van der Waals surface area contributed by atoms with Gasteiger partial charge in [0, 0.05) is 6.07 Å². The fourth-order valence-electron chi connectivity index (χ4n) is 1.29. The number of carboxylic acid groups (broad SMARTS) is 1. The molecular formula is C10H11IO5. The first kappa shape index (κ1) is 12.9. The van der Waals surface area contributed by atoms with Crippen molar-refractivity contribution >= 4 is 28.6 Å². The van der Waals surface area contributed by atoms with Crippen molar-refractivity contribution in [2.45, 2.75) is 0 Å². The number of rotatable bonds is 4. The molecule has 1 N–H and O–H groups in total. The van der Waals surface area contributed by atoms with Crippen molar-refractivity contribution in [2.75, 3.05) is 21.3 Å². The summed E-state index contributed by atoms with van der Waals surface area (Å²) >= 11 is 1.96. The van der Waals surface area contributed by atoms with E-state index in [1.165, 1.54) is 27.4 Å². The first-order chi connectivity index (χ1) is 7.56. The second-order valence-electron chi connectivity index (χ2n) is 2.81. The van der Waals surface area contributed by atoms with Crippen LogP contribution in [0.4, 0.5) is 0 Å². The number of halogens is 1. The highest BCUT2D eigenvalue weighted by atomic mass is 127. The quantitative estimate of drug-likeness (QED) is 0.851. The molecule has 16 heavy (non-hydrogen) atoms. The molecule has 0 heterocycles. The van der Waals surface area contributed by atoms with Crippen molar-refractivity contribution in [1.82, 2.24) is 0 Å². The molecule has 1 aromatic carbocycles. The van der Waals surface area contributed by atoms with Crippen LogP contribution >= 0.6 is 22.6 Å². The van der Waals surface area contributed by atoms with E-state index in [-0.39, 0.29) is 11.3 Å². The van der Waals surface area contributed by atoms with Crippen LogP contribution < -0.4 is 14.2 Å². The molecule has 1 aromatic rings. The number of hydrogen-bond acceptors (Lipinski definition) is 4. The summed E-state index contributed by atoms with van der Waals surface area (Å²) < 4.78 is 15.8. The molecule has 0 saturated heterocycles. The molecule has 0 bridgehead atoms. The Hall–Kier alpha value is -1.18. The van der Waals surface area contributed by atoms with Crippen molar-refractivity contribution in [3.05, 3.63) is 15.2 Å². The topological polar surface area (TPSA) is 65.0 Å². The largest absolute Gasteiger partial charge is 0.495 e. The Kier molecular flexibility index (Phi) is 4.22. The van der Waals surface area contributed by atoms with Gasteiger partial charge in [-0.2, -0.15) is 0 Å². The minimum absolute atomic E-state index is 0.0459. The maximum Gasteiger partial charge on any atom is 0.339 e. The van der Waals surface area contributed by atoms with E-state index in [2.05, 4.69) is 0 Å². The summed E-state index contributed by atoms with van der Waals surface area (Å²) in [6.45, 7) is 0. The minimum atomic E-state index is -1.07. The van der Waals surface area contributed by atoms with Crippen LogP contribution in [0, 0.1) is 3.57 Å². The van der Waals surface area contributed by atoms with Crippen LogP contribution in [0.2, 0.25) is 0 Å². The summed E-state index contributed by atoms with van der Waals surface area (Å²) in [5.41, 5.74) is 0.0459. The van der Waals surface area contributed by atoms with E-state index in [4.69, 9.17) is 19.3 Å². The molecule has 0 amide bonds. The Morgan fingerprint density at radius 1 is 1.19 bits per heavy atom. The first-order valence-electron chi connectivity index (χ1n) is 4.28. The summed E-state index contributed by atoms with van der Waals surface area (Å²) in [6.07, 6.45) is 0. The van der Waals surface area contributed by atoms with E-state index in [0.717, 1.165) is 0 Å². The molecule has 6 heteroatoms. The van der Waals surface area contributed by atoms with Gasteiger partial charge in [0.15, 0.2) is 17.2 Å². The van der Waals surface area contributed by atoms with Gasteiger partial charge in [0.25, 0.3) is 0 Å². The average Bonchev–Trinajstić information content (AvgIpc) is 2.27. The van der Waals surface area contributed by atoms with Gasteiger partial charge in [0.2, 0.25) is 0 Å². The Labute approximate surface area is 106 Å². The van der Waals surface area contributed by atoms with Gasteiger partial charge in [0.05, 0.1) is 21.3 Å². The van der Waals surface area contributed by atoms with Crippen LogP contribution in [0.5, 0.6) is 17.2 Å². The van der Waals surface area contributed by atoms with Crippen molar-refractivity contribution in [1.29, 1.82) is 0 Å². The fourth-order valence-corrected chi connectivity index (χ4v) is 2.29. The normalized spacial score (nSPS) is 9.75. The summed E-state index contributed by atoms with van der Waals surface area (Å²) in [4.78, 5) is 11.0. The van der Waals surface area contributed by atoms with Crippen molar-refractivity contribution in [2.24, 2.45) is 0 Å². The van der Waals surface area contributed by atoms with Crippen LogP contribution in [0.1, 0.15) is 10.4 Å². The highest BCUT2D eigenvalue weighted by molar-refractivity contribution is 14.1. The lowest BCUT2D eigenvalue weighted by Crippen LogP contribution is -2.05. The number of aromatic carboxylic acids is 1. The molecule has 0 radical (unpaired) electrons. The third kappa shape index (κ3) is 2.16. The summed E-state index contributed by atoms with van der Waals surface area (Å²) in [7, 11) is 4.35. The molecule has 0 aliphatic heterocycles. The van der Waals surface area contributed by atoms with E-state index in [1.807, 2.05) is 22.6 Å². The molecule has 5 nitrogen and oxygen atoms in total. The molecule has 0 saturated carbocycles. The van der Waals surface area contributed by atoms with E-state index in [0.29, 0.717) is 15.1 Å². The second-order valence-corrected chi connectivity index (χ2v) is 3.89. The fraction of sp³-hybridized carbons (Fsp3) is 0.300. The summed E-state index contributed by atoms with van der Waals surface area (Å²) in [5, 5.41) is 9.03. The van der Waals surface area contributed by atoms with Gasteiger partial charge >= 0.3 is 5.97 Å². The summed E-state index contributed by atoms with van der Waals surface area (Å²) in [5.74, 6) is 0.0246. The molecule has 0 spiro atoms. The Morgan fingerprint density at radius 2 is 1.75 bits per heavy atom. The van der Waals surface area contributed by atoms with Crippen molar-refractivity contribution in [3.8, 4) is 17.2 Å². The van der Waals surface area contributed by atoms with Crippen LogP contribution in [-0.2, 0) is 0 Å². The molecule has 0 aliphatic carbocycles. The summed E-state index contributed by atoms with van der Waals surface area (Å²) in [6, 6.07) is 1.38. The van der Waals surface area contributed by atoms with Crippen LogP contribution in [0.3, 0.4) is 0 Å². The zero-order valence-electron chi connectivity index (χ0n) is 9.04. The second kappa shape index (κ2) is 5.24. The van der Waals surface area contributed by atoms with Gasteiger partial charge in [-0.05, 0) is 22.6 Å². The standard InChI is InChI=1S/C10H11IO5/c1-14-6-4-5(10(12)13)8(15-2)7(11)9(6)16-3/h4H,1-3H3,(H,12,13). The van der Waals surface area contributed by atoms with Crippen LogP contribution in [0.25, 0.3) is 0 Å².